The van der Waals surface area contributed by atoms with Crippen LogP contribution in [0.4, 0.5) is 0 Å². The van der Waals surface area contributed by atoms with Gasteiger partial charge in [0.2, 0.25) is 0 Å². The number of benzene rings is 1. The summed E-state index contributed by atoms with van der Waals surface area (Å²) >= 11 is 0. The topological polar surface area (TPSA) is 55.9 Å². The van der Waals surface area contributed by atoms with Crippen LogP contribution < -0.4 is 0 Å². The molecule has 5 nitrogen and oxygen atoms in total. The number of hydrogen-bond acceptors (Lipinski definition) is 3. The van der Waals surface area contributed by atoms with Crippen molar-refractivity contribution in [2.75, 3.05) is 0 Å². The van der Waals surface area contributed by atoms with E-state index in [0.29, 0.717) is 6.42 Å². The molecule has 3 atom stereocenters. The lowest BCUT2D eigenvalue weighted by molar-refractivity contribution is 0.0840. The van der Waals surface area contributed by atoms with Crippen molar-refractivity contribution in [3.63, 3.8) is 0 Å². The van der Waals surface area contributed by atoms with Crippen molar-refractivity contribution in [3.8, 4) is 11.3 Å². The van der Waals surface area contributed by atoms with Crippen LogP contribution in [0.2, 0.25) is 0 Å². The molecule has 5 heteroatoms. The first-order chi connectivity index (χ1) is 11.3. The summed E-state index contributed by atoms with van der Waals surface area (Å²) < 4.78 is 4.39. The van der Waals surface area contributed by atoms with Crippen LogP contribution in [0.25, 0.3) is 11.3 Å². The van der Waals surface area contributed by atoms with Crippen LogP contribution in [0.3, 0.4) is 0 Å². The fraction of sp³-hybridized carbons (Fsp3) is 0.333. The van der Waals surface area contributed by atoms with Crippen LogP contribution in [-0.4, -0.2) is 30.3 Å². The zero-order chi connectivity index (χ0) is 15.4. The first-order valence-electron chi connectivity index (χ1n) is 8.12. The molecule has 2 aliphatic rings. The number of hydrogen-bond donors (Lipinski definition) is 1. The Balaban J connectivity index is 1.58. The summed E-state index contributed by atoms with van der Waals surface area (Å²) in [6.45, 7) is 0.903. The van der Waals surface area contributed by atoms with E-state index in [1.54, 1.807) is 0 Å². The molecule has 3 aromatic rings. The normalized spacial score (nSPS) is 25.5. The van der Waals surface area contributed by atoms with Crippen molar-refractivity contribution in [3.05, 3.63) is 60.6 Å². The van der Waals surface area contributed by atoms with Gasteiger partial charge in [0.15, 0.2) is 0 Å². The Hall–Kier alpha value is -2.40. The summed E-state index contributed by atoms with van der Waals surface area (Å²) in [5, 5.41) is 10.9. The Bertz CT molecular complexity index is 865. The van der Waals surface area contributed by atoms with Crippen LogP contribution >= 0.6 is 0 Å². The predicted octanol–water partition coefficient (Wildman–Crippen LogP) is 2.27. The maximum Gasteiger partial charge on any atom is 0.111 e. The Labute approximate surface area is 134 Å². The molecule has 5 rings (SSSR count). The van der Waals surface area contributed by atoms with Gasteiger partial charge in [0.05, 0.1) is 30.4 Å². The molecule has 0 amide bonds. The molecular formula is C18H18N4O. The number of aryl methyl sites for hydroxylation is 1. The van der Waals surface area contributed by atoms with Crippen LogP contribution in [0.1, 0.15) is 23.9 Å². The number of aliphatic hydroxyl groups is 1. The van der Waals surface area contributed by atoms with Crippen LogP contribution in [0.5, 0.6) is 0 Å². The SMILES string of the molecule is O[C@H]1Cc2nccn2CC[C@H]1[C@@H]1c2ccccc2-c2cncn21. The fourth-order valence-corrected chi connectivity index (χ4v) is 4.23. The van der Waals surface area contributed by atoms with Crippen molar-refractivity contribution in [2.45, 2.75) is 31.5 Å². The van der Waals surface area contributed by atoms with E-state index in [4.69, 9.17) is 0 Å². The number of aliphatic hydroxyl groups excluding tert-OH is 1. The van der Waals surface area contributed by atoms with Gasteiger partial charge in [-0.25, -0.2) is 9.97 Å². The molecule has 116 valence electrons. The zero-order valence-electron chi connectivity index (χ0n) is 12.7. The Morgan fingerprint density at radius 3 is 3.09 bits per heavy atom. The summed E-state index contributed by atoms with van der Waals surface area (Å²) in [6, 6.07) is 8.64. The second-order valence-electron chi connectivity index (χ2n) is 6.48. The Morgan fingerprint density at radius 1 is 1.22 bits per heavy atom. The number of fused-ring (bicyclic) bond motifs is 4. The average Bonchev–Trinajstić information content (AvgIpc) is 3.23. The number of nitrogens with zero attached hydrogens (tertiary/aromatic N) is 4. The highest BCUT2D eigenvalue weighted by molar-refractivity contribution is 5.69. The Kier molecular flexibility index (Phi) is 2.73. The standard InChI is InChI=1S/C18H18N4O/c23-16-9-17-20-6-8-21(17)7-5-14(16)18-13-4-2-1-3-12(13)15-10-19-11-22(15)18/h1-4,6,8,10-11,14,16,18,23H,5,7,9H2/t14-,16+,18+/m1/s1. The monoisotopic (exact) mass is 306 g/mol. The van der Waals surface area contributed by atoms with Gasteiger partial charge in [0.25, 0.3) is 0 Å². The van der Waals surface area contributed by atoms with Crippen molar-refractivity contribution in [1.29, 1.82) is 0 Å². The van der Waals surface area contributed by atoms with E-state index >= 15 is 0 Å². The lowest BCUT2D eigenvalue weighted by Crippen LogP contribution is -2.30. The highest BCUT2D eigenvalue weighted by Gasteiger charge is 2.38. The van der Waals surface area contributed by atoms with Gasteiger partial charge in [0, 0.05) is 36.8 Å². The molecule has 0 fully saturated rings. The Morgan fingerprint density at radius 2 is 2.13 bits per heavy atom. The van der Waals surface area contributed by atoms with Crippen LogP contribution in [-0.2, 0) is 13.0 Å². The van der Waals surface area contributed by atoms with Gasteiger partial charge in [-0.2, -0.15) is 0 Å². The number of aromatic nitrogens is 4. The fourth-order valence-electron chi connectivity index (χ4n) is 4.23. The summed E-state index contributed by atoms with van der Waals surface area (Å²) in [4.78, 5) is 8.72. The molecule has 23 heavy (non-hydrogen) atoms. The van der Waals surface area contributed by atoms with Gasteiger partial charge >= 0.3 is 0 Å². The molecule has 0 spiro atoms. The predicted molar refractivity (Wildman–Crippen MR) is 85.8 cm³/mol. The maximum absolute atomic E-state index is 10.9. The largest absolute Gasteiger partial charge is 0.392 e. The molecule has 1 aromatic carbocycles. The lowest BCUT2D eigenvalue weighted by Gasteiger charge is -2.28. The molecule has 2 aliphatic heterocycles. The van der Waals surface area contributed by atoms with Crippen molar-refractivity contribution in [1.82, 2.24) is 19.1 Å². The molecule has 0 saturated heterocycles. The molecular weight excluding hydrogens is 288 g/mol. The summed E-state index contributed by atoms with van der Waals surface area (Å²) in [6.07, 6.45) is 8.80. The van der Waals surface area contributed by atoms with Gasteiger partial charge in [-0.3, -0.25) is 0 Å². The van der Waals surface area contributed by atoms with Gasteiger partial charge in [-0.15, -0.1) is 0 Å². The van der Waals surface area contributed by atoms with Crippen LogP contribution in [0, 0.1) is 5.92 Å². The van der Waals surface area contributed by atoms with Crippen LogP contribution in [0.15, 0.2) is 49.2 Å². The third-order valence-corrected chi connectivity index (χ3v) is 5.32. The van der Waals surface area contributed by atoms with Gasteiger partial charge in [0.1, 0.15) is 5.82 Å². The molecule has 4 heterocycles. The van der Waals surface area contributed by atoms with E-state index in [9.17, 15) is 5.11 Å². The highest BCUT2D eigenvalue weighted by atomic mass is 16.3. The molecule has 0 saturated carbocycles. The van der Waals surface area contributed by atoms with Gasteiger partial charge in [-0.1, -0.05) is 24.3 Å². The van der Waals surface area contributed by atoms with Gasteiger partial charge < -0.3 is 14.2 Å². The summed E-state index contributed by atoms with van der Waals surface area (Å²) in [5.41, 5.74) is 3.69. The van der Waals surface area contributed by atoms with E-state index in [0.717, 1.165) is 24.5 Å². The van der Waals surface area contributed by atoms with E-state index in [1.807, 2.05) is 24.9 Å². The molecule has 0 unspecified atom stereocenters. The molecule has 0 radical (unpaired) electrons. The van der Waals surface area contributed by atoms with Crippen molar-refractivity contribution in [2.24, 2.45) is 5.92 Å². The van der Waals surface area contributed by atoms with E-state index in [2.05, 4.69) is 43.4 Å². The number of rotatable bonds is 1. The molecule has 2 aromatic heterocycles. The minimum atomic E-state index is -0.398. The quantitative estimate of drug-likeness (QED) is 0.750. The van der Waals surface area contributed by atoms with Gasteiger partial charge in [-0.05, 0) is 12.0 Å². The molecule has 1 N–H and O–H groups in total. The first kappa shape index (κ1) is 13.1. The van der Waals surface area contributed by atoms with E-state index in [-0.39, 0.29) is 12.0 Å². The third-order valence-electron chi connectivity index (χ3n) is 5.32. The zero-order valence-corrected chi connectivity index (χ0v) is 12.7. The highest BCUT2D eigenvalue weighted by Crippen LogP contribution is 2.45. The van der Waals surface area contributed by atoms with E-state index in [1.165, 1.54) is 11.1 Å². The van der Waals surface area contributed by atoms with Crippen molar-refractivity contribution < 1.29 is 5.11 Å². The summed E-state index contributed by atoms with van der Waals surface area (Å²) in [5.74, 6) is 1.14. The maximum atomic E-state index is 10.9. The average molecular weight is 306 g/mol. The summed E-state index contributed by atoms with van der Waals surface area (Å²) in [7, 11) is 0. The minimum absolute atomic E-state index is 0.156. The third kappa shape index (κ3) is 1.83. The molecule has 0 aliphatic carbocycles. The first-order valence-corrected chi connectivity index (χ1v) is 8.12. The minimum Gasteiger partial charge on any atom is -0.392 e. The number of imidazole rings is 2. The second kappa shape index (κ2) is 4.80. The lowest BCUT2D eigenvalue weighted by atomic mass is 9.85. The second-order valence-corrected chi connectivity index (χ2v) is 6.48. The van der Waals surface area contributed by atoms with E-state index < -0.39 is 6.10 Å². The smallest absolute Gasteiger partial charge is 0.111 e. The van der Waals surface area contributed by atoms with Crippen molar-refractivity contribution >= 4 is 0 Å². The molecule has 0 bridgehead atoms.